The van der Waals surface area contributed by atoms with E-state index in [1.807, 2.05) is 60.0 Å². The van der Waals surface area contributed by atoms with Gasteiger partial charge in [0.15, 0.2) is 5.65 Å². The Morgan fingerprint density at radius 3 is 2.65 bits per heavy atom. The average Bonchev–Trinajstić information content (AvgIpc) is 3.71. The first kappa shape index (κ1) is 26.9. The van der Waals surface area contributed by atoms with Crippen molar-refractivity contribution in [3.05, 3.63) is 124 Å². The molecule has 2 aromatic carbocycles. The number of rotatable bonds is 6. The second-order valence-electron chi connectivity index (χ2n) is 11.2. The molecule has 0 spiro atoms. The smallest absolute Gasteiger partial charge is 0.228 e. The summed E-state index contributed by atoms with van der Waals surface area (Å²) in [5.74, 6) is -0.0420. The highest BCUT2D eigenvalue weighted by Gasteiger charge is 2.17. The van der Waals surface area contributed by atoms with E-state index in [0.717, 1.165) is 51.1 Å². The zero-order chi connectivity index (χ0) is 29.5. The number of carbonyl (C=O) groups excluding carboxylic acids is 1. The minimum absolute atomic E-state index is 0.0420. The molecular formula is C36H31N5OS. The molecule has 7 heteroatoms. The van der Waals surface area contributed by atoms with Crippen molar-refractivity contribution in [3.8, 4) is 21.8 Å². The number of pyridine rings is 1. The third-order valence-electron chi connectivity index (χ3n) is 7.87. The summed E-state index contributed by atoms with van der Waals surface area (Å²) in [5, 5.41) is 13.0. The van der Waals surface area contributed by atoms with Gasteiger partial charge in [-0.05, 0) is 80.3 Å². The first-order chi connectivity index (χ1) is 20.9. The van der Waals surface area contributed by atoms with Gasteiger partial charge in [0.1, 0.15) is 0 Å². The number of carbonyl (C=O) groups is 1. The number of nitrogens with zero attached hydrogens (tertiary/aromatic N) is 2. The molecule has 0 saturated heterocycles. The zero-order valence-corrected chi connectivity index (χ0v) is 25.1. The lowest BCUT2D eigenvalue weighted by atomic mass is 10.0. The van der Waals surface area contributed by atoms with Crippen molar-refractivity contribution in [2.24, 2.45) is 0 Å². The summed E-state index contributed by atoms with van der Waals surface area (Å²) in [6, 6.07) is 22.9. The van der Waals surface area contributed by atoms with E-state index in [1.54, 1.807) is 0 Å². The number of benzene rings is 2. The minimum atomic E-state index is -0.0420. The molecule has 3 N–H and O–H groups in total. The fraction of sp³-hybridized carbons (Fsp3) is 0.139. The molecule has 0 atom stereocenters. The van der Waals surface area contributed by atoms with Gasteiger partial charge in [-0.25, -0.2) is 4.98 Å². The standard InChI is InChI=1S/C36H31N5OS/c1-21-9-12-25(17-27(15-21)38-33(42)16-24-7-5-4-6-8-24)26-18-30-35(40-41-36(30)37-20-26)31-19-29-28(32-14-11-23(3)43-32)13-10-22(2)34(29)39-31/h4-8,10-15,17-20,39H,9,16H2,1-3H3,(H,38,42)(H,37,40,41). The van der Waals surface area contributed by atoms with E-state index >= 15 is 0 Å². The van der Waals surface area contributed by atoms with Gasteiger partial charge in [0, 0.05) is 49.1 Å². The molecule has 1 amide bonds. The van der Waals surface area contributed by atoms with Gasteiger partial charge in [-0.2, -0.15) is 5.10 Å². The van der Waals surface area contributed by atoms with Crippen molar-refractivity contribution in [3.63, 3.8) is 0 Å². The number of fused-ring (bicyclic) bond motifs is 2. The molecule has 212 valence electrons. The zero-order valence-electron chi connectivity index (χ0n) is 24.3. The van der Waals surface area contributed by atoms with Crippen molar-refractivity contribution in [1.82, 2.24) is 25.5 Å². The van der Waals surface area contributed by atoms with Gasteiger partial charge in [0.05, 0.1) is 17.8 Å². The molecule has 1 aliphatic rings. The second kappa shape index (κ2) is 11.0. The fourth-order valence-corrected chi connectivity index (χ4v) is 6.58. The Balaban J connectivity index is 1.24. The van der Waals surface area contributed by atoms with Crippen LogP contribution in [0.5, 0.6) is 0 Å². The average molecular weight is 582 g/mol. The number of aromatic nitrogens is 4. The van der Waals surface area contributed by atoms with Crippen LogP contribution in [0.1, 0.15) is 34.9 Å². The molecule has 0 bridgehead atoms. The third kappa shape index (κ3) is 5.35. The van der Waals surface area contributed by atoms with Crippen LogP contribution in [-0.4, -0.2) is 26.1 Å². The molecule has 0 saturated carbocycles. The highest BCUT2D eigenvalue weighted by molar-refractivity contribution is 7.15. The lowest BCUT2D eigenvalue weighted by Crippen LogP contribution is -2.23. The van der Waals surface area contributed by atoms with Crippen LogP contribution in [0.3, 0.4) is 0 Å². The Kier molecular flexibility index (Phi) is 6.87. The van der Waals surface area contributed by atoms with Crippen LogP contribution < -0.4 is 5.32 Å². The summed E-state index contributed by atoms with van der Waals surface area (Å²) < 4.78 is 0. The van der Waals surface area contributed by atoms with E-state index in [4.69, 9.17) is 4.98 Å². The maximum Gasteiger partial charge on any atom is 0.228 e. The van der Waals surface area contributed by atoms with Gasteiger partial charge in [0.25, 0.3) is 0 Å². The van der Waals surface area contributed by atoms with E-state index in [1.165, 1.54) is 31.8 Å². The Morgan fingerprint density at radius 2 is 1.84 bits per heavy atom. The highest BCUT2D eigenvalue weighted by Crippen LogP contribution is 2.38. The van der Waals surface area contributed by atoms with Crippen LogP contribution in [0.2, 0.25) is 0 Å². The molecular weight excluding hydrogens is 550 g/mol. The Morgan fingerprint density at radius 1 is 0.977 bits per heavy atom. The number of hydrogen-bond acceptors (Lipinski definition) is 4. The van der Waals surface area contributed by atoms with E-state index in [-0.39, 0.29) is 5.91 Å². The molecule has 0 aliphatic heterocycles. The topological polar surface area (TPSA) is 86.5 Å². The SMILES string of the molecule is CC1=CC(NC(=O)Cc2ccccc2)=CC(c2cnc3n[nH]c(-c4cc5c(-c6ccc(C)s6)ccc(C)c5[nH]4)c3c2)=CC1. The molecule has 4 heterocycles. The molecule has 43 heavy (non-hydrogen) atoms. The number of aryl methyl sites for hydroxylation is 2. The minimum Gasteiger partial charge on any atom is -0.353 e. The van der Waals surface area contributed by atoms with Crippen LogP contribution in [0.15, 0.2) is 102 Å². The van der Waals surface area contributed by atoms with Gasteiger partial charge in [-0.15, -0.1) is 11.3 Å². The number of amides is 1. The molecule has 7 rings (SSSR count). The van der Waals surface area contributed by atoms with Crippen LogP contribution in [0.25, 0.3) is 49.3 Å². The lowest BCUT2D eigenvalue weighted by molar-refractivity contribution is -0.119. The molecule has 6 aromatic rings. The normalized spacial score (nSPS) is 13.5. The summed E-state index contributed by atoms with van der Waals surface area (Å²) in [5.41, 5.74) is 11.0. The summed E-state index contributed by atoms with van der Waals surface area (Å²) in [6.45, 7) is 6.35. The number of hydrogen-bond donors (Lipinski definition) is 3. The molecule has 1 aliphatic carbocycles. The molecule has 0 radical (unpaired) electrons. The number of allylic oxidation sites excluding steroid dienone is 5. The highest BCUT2D eigenvalue weighted by atomic mass is 32.1. The summed E-state index contributed by atoms with van der Waals surface area (Å²) >= 11 is 1.81. The number of thiophene rings is 1. The Bertz CT molecular complexity index is 2110. The number of aromatic amines is 2. The Hall–Kier alpha value is -5.01. The van der Waals surface area contributed by atoms with Crippen molar-refractivity contribution < 1.29 is 4.79 Å². The molecule has 6 nitrogen and oxygen atoms in total. The monoisotopic (exact) mass is 581 g/mol. The first-order valence-corrected chi connectivity index (χ1v) is 15.2. The quantitative estimate of drug-likeness (QED) is 0.185. The number of H-pyrrole nitrogens is 2. The van der Waals surface area contributed by atoms with Crippen molar-refractivity contribution in [1.29, 1.82) is 0 Å². The lowest BCUT2D eigenvalue weighted by Gasteiger charge is -2.08. The predicted octanol–water partition coefficient (Wildman–Crippen LogP) is 8.43. The van der Waals surface area contributed by atoms with Gasteiger partial charge in [-0.3, -0.25) is 9.89 Å². The second-order valence-corrected chi connectivity index (χ2v) is 12.5. The van der Waals surface area contributed by atoms with E-state index in [2.05, 4.69) is 83.7 Å². The van der Waals surface area contributed by atoms with Crippen LogP contribution in [0.4, 0.5) is 0 Å². The summed E-state index contributed by atoms with van der Waals surface area (Å²) in [7, 11) is 0. The summed E-state index contributed by atoms with van der Waals surface area (Å²) in [6.07, 6.45) is 9.23. The van der Waals surface area contributed by atoms with E-state index in [9.17, 15) is 4.79 Å². The maximum atomic E-state index is 12.9. The van der Waals surface area contributed by atoms with Crippen molar-refractivity contribution in [2.45, 2.75) is 33.6 Å². The fourth-order valence-electron chi connectivity index (χ4n) is 5.67. The molecule has 0 fully saturated rings. The van der Waals surface area contributed by atoms with Crippen molar-refractivity contribution in [2.75, 3.05) is 0 Å². The van der Waals surface area contributed by atoms with Crippen LogP contribution >= 0.6 is 11.3 Å². The largest absolute Gasteiger partial charge is 0.353 e. The van der Waals surface area contributed by atoms with E-state index in [0.29, 0.717) is 12.1 Å². The van der Waals surface area contributed by atoms with Gasteiger partial charge >= 0.3 is 0 Å². The van der Waals surface area contributed by atoms with Crippen LogP contribution in [0, 0.1) is 13.8 Å². The van der Waals surface area contributed by atoms with Crippen LogP contribution in [-0.2, 0) is 11.2 Å². The Labute approximate surface area is 253 Å². The maximum absolute atomic E-state index is 12.9. The molecule has 0 unspecified atom stereocenters. The first-order valence-electron chi connectivity index (χ1n) is 14.4. The third-order valence-corrected chi connectivity index (χ3v) is 8.90. The predicted molar refractivity (Wildman–Crippen MR) is 177 cm³/mol. The van der Waals surface area contributed by atoms with Crippen molar-refractivity contribution >= 4 is 44.8 Å². The summed E-state index contributed by atoms with van der Waals surface area (Å²) in [4.78, 5) is 23.8. The van der Waals surface area contributed by atoms with Gasteiger partial charge in [0.2, 0.25) is 5.91 Å². The van der Waals surface area contributed by atoms with Gasteiger partial charge < -0.3 is 10.3 Å². The number of nitrogens with one attached hydrogen (secondary N) is 3. The van der Waals surface area contributed by atoms with Gasteiger partial charge in [-0.1, -0.05) is 54.1 Å². The molecule has 4 aromatic heterocycles. The van der Waals surface area contributed by atoms with E-state index < -0.39 is 0 Å².